The van der Waals surface area contributed by atoms with Crippen molar-refractivity contribution in [1.29, 1.82) is 0 Å². The molecule has 2 heterocycles. The number of aliphatic imine (C=N–C) groups is 1. The topological polar surface area (TPSA) is 56.0 Å². The second-order valence-electron chi connectivity index (χ2n) is 5.26. The third-order valence-electron chi connectivity index (χ3n) is 3.82. The predicted molar refractivity (Wildman–Crippen MR) is 92.4 cm³/mol. The minimum absolute atomic E-state index is 0.00779. The minimum atomic E-state index is 0.00779. The van der Waals surface area contributed by atoms with Crippen molar-refractivity contribution < 1.29 is 0 Å². The molecule has 4 rings (SSSR count). The standard InChI is InChI=1S/C16H11BrClN5/c17-12-5-1-10(2-6-12)14-9-15(11-3-7-13(18)8-4-11)23-16(19-14)20-21-22-23/h1-8,15H,9H2. The Bertz CT molecular complexity index is 870. The summed E-state index contributed by atoms with van der Waals surface area (Å²) < 4.78 is 2.79. The smallest absolute Gasteiger partial charge is 0.214 e. The van der Waals surface area contributed by atoms with Gasteiger partial charge in [0.25, 0.3) is 5.95 Å². The van der Waals surface area contributed by atoms with Gasteiger partial charge in [-0.3, -0.25) is 0 Å². The van der Waals surface area contributed by atoms with Crippen LogP contribution in [0.1, 0.15) is 23.6 Å². The third kappa shape index (κ3) is 2.80. The lowest BCUT2D eigenvalue weighted by molar-refractivity contribution is 0.515. The SMILES string of the molecule is Clc1ccc(C2CC(c3ccc(Br)cc3)=Nc3nnnn32)cc1. The first-order chi connectivity index (χ1) is 11.2. The maximum atomic E-state index is 5.99. The fraction of sp³-hybridized carbons (Fsp3) is 0.125. The van der Waals surface area contributed by atoms with E-state index in [0.29, 0.717) is 11.0 Å². The van der Waals surface area contributed by atoms with E-state index >= 15 is 0 Å². The second-order valence-corrected chi connectivity index (χ2v) is 6.61. The Hall–Kier alpha value is -2.05. The van der Waals surface area contributed by atoms with Crippen molar-refractivity contribution >= 4 is 39.2 Å². The number of benzene rings is 2. The number of hydrogen-bond donors (Lipinski definition) is 0. The Balaban J connectivity index is 1.77. The van der Waals surface area contributed by atoms with Crippen molar-refractivity contribution in [1.82, 2.24) is 20.2 Å². The van der Waals surface area contributed by atoms with Crippen molar-refractivity contribution in [3.63, 3.8) is 0 Å². The van der Waals surface area contributed by atoms with Gasteiger partial charge >= 0.3 is 0 Å². The first-order valence-electron chi connectivity index (χ1n) is 7.07. The van der Waals surface area contributed by atoms with Gasteiger partial charge in [-0.1, -0.05) is 56.9 Å². The molecule has 23 heavy (non-hydrogen) atoms. The third-order valence-corrected chi connectivity index (χ3v) is 4.61. The molecule has 2 aromatic carbocycles. The van der Waals surface area contributed by atoms with Crippen LogP contribution in [0.3, 0.4) is 0 Å². The lowest BCUT2D eigenvalue weighted by Crippen LogP contribution is -2.21. The van der Waals surface area contributed by atoms with Crippen LogP contribution in [-0.2, 0) is 0 Å². The maximum absolute atomic E-state index is 5.99. The molecule has 1 aliphatic rings. The molecule has 3 aromatic rings. The molecule has 1 atom stereocenters. The quantitative estimate of drug-likeness (QED) is 0.661. The summed E-state index contributed by atoms with van der Waals surface area (Å²) in [7, 11) is 0. The van der Waals surface area contributed by atoms with Crippen LogP contribution in [-0.4, -0.2) is 25.9 Å². The molecule has 0 saturated heterocycles. The van der Waals surface area contributed by atoms with Gasteiger partial charge < -0.3 is 0 Å². The van der Waals surface area contributed by atoms with Crippen molar-refractivity contribution in [2.45, 2.75) is 12.5 Å². The van der Waals surface area contributed by atoms with Crippen LogP contribution in [0.15, 0.2) is 58.0 Å². The van der Waals surface area contributed by atoms with Crippen LogP contribution >= 0.6 is 27.5 Å². The molecule has 0 N–H and O–H groups in total. The Morgan fingerprint density at radius 1 is 1.04 bits per heavy atom. The van der Waals surface area contributed by atoms with Gasteiger partial charge in [-0.05, 0) is 45.8 Å². The van der Waals surface area contributed by atoms with Gasteiger partial charge in [-0.15, -0.1) is 0 Å². The highest BCUT2D eigenvalue weighted by Gasteiger charge is 2.26. The molecule has 1 aromatic heterocycles. The summed E-state index contributed by atoms with van der Waals surface area (Å²) in [6, 6.07) is 15.9. The average molecular weight is 389 g/mol. The first kappa shape index (κ1) is 14.5. The van der Waals surface area contributed by atoms with E-state index in [1.165, 1.54) is 0 Å². The molecule has 0 spiro atoms. The van der Waals surface area contributed by atoms with Crippen LogP contribution in [0.25, 0.3) is 0 Å². The highest BCUT2D eigenvalue weighted by molar-refractivity contribution is 9.10. The van der Waals surface area contributed by atoms with Gasteiger partial charge in [0.15, 0.2) is 0 Å². The molecule has 0 bridgehead atoms. The van der Waals surface area contributed by atoms with Crippen molar-refractivity contribution in [3.8, 4) is 0 Å². The molecular weight excluding hydrogens is 378 g/mol. The Labute approximate surface area is 146 Å². The number of nitrogens with zero attached hydrogens (tertiary/aromatic N) is 5. The molecule has 0 radical (unpaired) electrons. The van der Waals surface area contributed by atoms with E-state index in [9.17, 15) is 0 Å². The lowest BCUT2D eigenvalue weighted by Gasteiger charge is -2.23. The summed E-state index contributed by atoms with van der Waals surface area (Å²) in [5.74, 6) is 0.522. The number of halogens is 2. The maximum Gasteiger partial charge on any atom is 0.269 e. The normalized spacial score (nSPS) is 16.8. The molecule has 0 aliphatic carbocycles. The molecule has 0 amide bonds. The van der Waals surface area contributed by atoms with E-state index in [2.05, 4.69) is 36.4 Å². The average Bonchev–Trinajstić information content (AvgIpc) is 3.04. The Kier molecular flexibility index (Phi) is 3.71. The summed E-state index contributed by atoms with van der Waals surface area (Å²) in [4.78, 5) is 4.60. The Morgan fingerprint density at radius 2 is 1.78 bits per heavy atom. The van der Waals surface area contributed by atoms with Gasteiger partial charge in [0.2, 0.25) is 0 Å². The van der Waals surface area contributed by atoms with Crippen molar-refractivity contribution in [2.24, 2.45) is 4.99 Å². The van der Waals surface area contributed by atoms with E-state index in [4.69, 9.17) is 11.6 Å². The molecule has 0 fully saturated rings. The van der Waals surface area contributed by atoms with Crippen LogP contribution in [0.4, 0.5) is 5.95 Å². The number of fused-ring (bicyclic) bond motifs is 1. The van der Waals surface area contributed by atoms with E-state index < -0.39 is 0 Å². The molecule has 7 heteroatoms. The van der Waals surface area contributed by atoms with Gasteiger partial charge in [0, 0.05) is 15.9 Å². The summed E-state index contributed by atoms with van der Waals surface area (Å²) in [6.45, 7) is 0. The van der Waals surface area contributed by atoms with Gasteiger partial charge in [-0.2, -0.15) is 0 Å². The summed E-state index contributed by atoms with van der Waals surface area (Å²) in [5, 5.41) is 12.6. The molecular formula is C16H11BrClN5. The number of tetrazole rings is 1. The summed E-state index contributed by atoms with van der Waals surface area (Å²) >= 11 is 9.45. The van der Waals surface area contributed by atoms with Crippen LogP contribution in [0.2, 0.25) is 5.02 Å². The fourth-order valence-corrected chi connectivity index (χ4v) is 3.06. The molecule has 5 nitrogen and oxygen atoms in total. The first-order valence-corrected chi connectivity index (χ1v) is 8.24. The van der Waals surface area contributed by atoms with Crippen molar-refractivity contribution in [3.05, 3.63) is 69.2 Å². The zero-order valence-electron chi connectivity index (χ0n) is 11.9. The monoisotopic (exact) mass is 387 g/mol. The number of hydrogen-bond acceptors (Lipinski definition) is 4. The predicted octanol–water partition coefficient (Wildman–Crippen LogP) is 4.20. The highest BCUT2D eigenvalue weighted by Crippen LogP contribution is 2.32. The number of aromatic nitrogens is 4. The summed E-state index contributed by atoms with van der Waals surface area (Å²) in [6.07, 6.45) is 0.724. The second kappa shape index (κ2) is 5.86. The van der Waals surface area contributed by atoms with Crippen LogP contribution < -0.4 is 0 Å². The van der Waals surface area contributed by atoms with Crippen LogP contribution in [0.5, 0.6) is 0 Å². The Morgan fingerprint density at radius 3 is 2.52 bits per heavy atom. The molecule has 1 aliphatic heterocycles. The van der Waals surface area contributed by atoms with Gasteiger partial charge in [0.05, 0.1) is 11.8 Å². The molecule has 1 unspecified atom stereocenters. The van der Waals surface area contributed by atoms with E-state index in [-0.39, 0.29) is 6.04 Å². The zero-order valence-corrected chi connectivity index (χ0v) is 14.2. The largest absolute Gasteiger partial charge is 0.269 e. The van der Waals surface area contributed by atoms with Crippen LogP contribution in [0, 0.1) is 0 Å². The minimum Gasteiger partial charge on any atom is -0.214 e. The zero-order chi connectivity index (χ0) is 15.8. The highest BCUT2D eigenvalue weighted by atomic mass is 79.9. The van der Waals surface area contributed by atoms with Gasteiger partial charge in [-0.25, -0.2) is 9.67 Å². The van der Waals surface area contributed by atoms with E-state index in [1.807, 2.05) is 48.5 Å². The van der Waals surface area contributed by atoms with Crippen molar-refractivity contribution in [2.75, 3.05) is 0 Å². The van der Waals surface area contributed by atoms with E-state index in [0.717, 1.165) is 27.7 Å². The lowest BCUT2D eigenvalue weighted by atomic mass is 9.96. The molecule has 0 saturated carbocycles. The number of rotatable bonds is 2. The van der Waals surface area contributed by atoms with E-state index in [1.54, 1.807) is 4.68 Å². The summed E-state index contributed by atoms with van der Waals surface area (Å²) in [5.41, 5.74) is 3.15. The van der Waals surface area contributed by atoms with Gasteiger partial charge in [0.1, 0.15) is 0 Å². The fourth-order valence-electron chi connectivity index (χ4n) is 2.67. The molecule has 114 valence electrons.